The summed E-state index contributed by atoms with van der Waals surface area (Å²) >= 11 is 0. The Morgan fingerprint density at radius 1 is 1.20 bits per heavy atom. The quantitative estimate of drug-likeness (QED) is 0.438. The lowest BCUT2D eigenvalue weighted by Gasteiger charge is -2.04. The predicted octanol–water partition coefficient (Wildman–Crippen LogP) is 3.13. The highest BCUT2D eigenvalue weighted by atomic mass is 16.6. The summed E-state index contributed by atoms with van der Waals surface area (Å²) < 4.78 is 0. The van der Waals surface area contributed by atoms with Crippen molar-refractivity contribution < 1.29 is 10.1 Å². The number of hydrogen-bond donors (Lipinski definition) is 1. The lowest BCUT2D eigenvalue weighted by atomic mass is 10.1. The summed E-state index contributed by atoms with van der Waals surface area (Å²) in [6, 6.07) is 11.2. The first kappa shape index (κ1) is 9.45. The molecule has 0 saturated carbocycles. The van der Waals surface area contributed by atoms with Crippen molar-refractivity contribution in [3.63, 3.8) is 0 Å². The van der Waals surface area contributed by atoms with Gasteiger partial charge in [0.05, 0.1) is 5.39 Å². The highest BCUT2D eigenvalue weighted by Crippen LogP contribution is 2.28. The van der Waals surface area contributed by atoms with Gasteiger partial charge >= 0.3 is 0 Å². The fourth-order valence-corrected chi connectivity index (χ4v) is 1.66. The van der Waals surface area contributed by atoms with Gasteiger partial charge in [-0.3, -0.25) is 0 Å². The van der Waals surface area contributed by atoms with Crippen LogP contribution in [-0.2, 0) is 0 Å². The maximum Gasteiger partial charge on any atom is 0.258 e. The Morgan fingerprint density at radius 2 is 1.93 bits per heavy atom. The van der Waals surface area contributed by atoms with E-state index in [2.05, 4.69) is 5.28 Å². The molecule has 2 aromatic carbocycles. The smallest absolute Gasteiger partial charge is 0.258 e. The average molecular weight is 202 g/mol. The summed E-state index contributed by atoms with van der Waals surface area (Å²) in [4.78, 5) is 0.234. The molecule has 4 nitrogen and oxygen atoms in total. The molecule has 2 rings (SSSR count). The summed E-state index contributed by atoms with van der Waals surface area (Å²) in [6.07, 6.45) is 0. The highest BCUT2D eigenvalue weighted by molar-refractivity contribution is 5.92. The van der Waals surface area contributed by atoms with Gasteiger partial charge in [0, 0.05) is 5.56 Å². The number of hydrogen-bond acceptors (Lipinski definition) is 2. The van der Waals surface area contributed by atoms with Crippen molar-refractivity contribution in [3.05, 3.63) is 47.2 Å². The molecule has 0 aliphatic heterocycles. The Labute approximate surface area is 86.6 Å². The van der Waals surface area contributed by atoms with Gasteiger partial charge in [0.1, 0.15) is 0 Å². The monoisotopic (exact) mass is 202 g/mol. The van der Waals surface area contributed by atoms with Gasteiger partial charge in [-0.15, -0.1) is 0 Å². The molecule has 0 aliphatic rings. The normalized spacial score (nSPS) is 11.9. The van der Waals surface area contributed by atoms with E-state index in [1.807, 2.05) is 36.4 Å². The van der Waals surface area contributed by atoms with Crippen molar-refractivity contribution in [3.8, 4) is 0 Å². The molecule has 15 heavy (non-hydrogen) atoms. The van der Waals surface area contributed by atoms with Gasteiger partial charge in [-0.1, -0.05) is 30.3 Å². The molecule has 0 aliphatic carbocycles. The van der Waals surface area contributed by atoms with Crippen LogP contribution in [-0.4, -0.2) is 10.1 Å². The SMILES string of the molecule is Cc1ccc2ccccc2c1[N+]([O-])=NO. The number of benzene rings is 2. The van der Waals surface area contributed by atoms with E-state index in [1.54, 1.807) is 6.92 Å². The van der Waals surface area contributed by atoms with Crippen molar-refractivity contribution in [2.75, 3.05) is 0 Å². The van der Waals surface area contributed by atoms with E-state index in [-0.39, 0.29) is 4.86 Å². The van der Waals surface area contributed by atoms with E-state index >= 15 is 0 Å². The molecular weight excluding hydrogens is 192 g/mol. The molecule has 0 amide bonds. The number of aryl methyl sites for hydroxylation is 1. The number of rotatable bonds is 1. The van der Waals surface area contributed by atoms with E-state index in [1.165, 1.54) is 0 Å². The van der Waals surface area contributed by atoms with Gasteiger partial charge < -0.3 is 10.4 Å². The van der Waals surface area contributed by atoms with Crippen LogP contribution in [0.25, 0.3) is 10.8 Å². The largest absolute Gasteiger partial charge is 0.592 e. The Morgan fingerprint density at radius 3 is 2.67 bits per heavy atom. The minimum atomic E-state index is 0.234. The average Bonchev–Trinajstić information content (AvgIpc) is 2.28. The molecule has 76 valence electrons. The Hall–Kier alpha value is -2.10. The molecule has 0 bridgehead atoms. The molecular formula is C11H10N2O2. The van der Waals surface area contributed by atoms with Crippen molar-refractivity contribution in [2.24, 2.45) is 5.28 Å². The van der Waals surface area contributed by atoms with Gasteiger partial charge in [-0.2, -0.15) is 0 Å². The maximum atomic E-state index is 11.3. The Bertz CT molecular complexity index is 535. The lowest BCUT2D eigenvalue weighted by molar-refractivity contribution is -0.472. The van der Waals surface area contributed by atoms with Crippen LogP contribution in [0.2, 0.25) is 0 Å². The second-order valence-corrected chi connectivity index (χ2v) is 3.31. The van der Waals surface area contributed by atoms with Crippen LogP contribution in [0.1, 0.15) is 5.56 Å². The maximum absolute atomic E-state index is 11.3. The summed E-state index contributed by atoms with van der Waals surface area (Å²) in [7, 11) is 0. The third-order valence-electron chi connectivity index (χ3n) is 2.37. The fraction of sp³-hybridized carbons (Fsp3) is 0.0909. The molecule has 0 fully saturated rings. The van der Waals surface area contributed by atoms with Crippen LogP contribution in [0.15, 0.2) is 41.7 Å². The van der Waals surface area contributed by atoms with Crippen LogP contribution >= 0.6 is 0 Å². The highest BCUT2D eigenvalue weighted by Gasteiger charge is 2.13. The summed E-state index contributed by atoms with van der Waals surface area (Å²) in [5, 5.41) is 24.2. The number of nitrogens with zero attached hydrogens (tertiary/aromatic N) is 2. The van der Waals surface area contributed by atoms with Crippen molar-refractivity contribution in [2.45, 2.75) is 6.92 Å². The Kier molecular flexibility index (Phi) is 2.25. The molecule has 0 aromatic heterocycles. The van der Waals surface area contributed by atoms with Gasteiger partial charge in [0.25, 0.3) is 5.69 Å². The van der Waals surface area contributed by atoms with E-state index in [0.717, 1.165) is 16.3 Å². The van der Waals surface area contributed by atoms with E-state index in [4.69, 9.17) is 5.21 Å². The summed E-state index contributed by atoms with van der Waals surface area (Å²) in [6.45, 7) is 1.80. The van der Waals surface area contributed by atoms with Crippen molar-refractivity contribution in [1.29, 1.82) is 0 Å². The first-order valence-electron chi connectivity index (χ1n) is 4.54. The van der Waals surface area contributed by atoms with Crippen LogP contribution in [0.5, 0.6) is 0 Å². The standard InChI is InChI=1S/C11H10N2O2/c1-8-6-7-9-4-2-3-5-10(9)11(8)13(15)12-14/h2-7,14H,1H3. The third kappa shape index (κ3) is 1.50. The second-order valence-electron chi connectivity index (χ2n) is 3.31. The zero-order valence-electron chi connectivity index (χ0n) is 8.21. The topological polar surface area (TPSA) is 58.7 Å². The van der Waals surface area contributed by atoms with Gasteiger partial charge in [-0.05, 0) is 23.2 Å². The molecule has 0 heterocycles. The zero-order chi connectivity index (χ0) is 10.8. The fourth-order valence-electron chi connectivity index (χ4n) is 1.66. The minimum Gasteiger partial charge on any atom is -0.592 e. The van der Waals surface area contributed by atoms with Crippen LogP contribution in [0.3, 0.4) is 0 Å². The van der Waals surface area contributed by atoms with Crippen molar-refractivity contribution in [1.82, 2.24) is 0 Å². The van der Waals surface area contributed by atoms with Crippen LogP contribution < -0.4 is 0 Å². The Balaban J connectivity index is 2.86. The molecule has 1 N–H and O–H groups in total. The predicted molar refractivity (Wildman–Crippen MR) is 56.2 cm³/mol. The van der Waals surface area contributed by atoms with Crippen molar-refractivity contribution >= 4 is 16.5 Å². The summed E-state index contributed by atoms with van der Waals surface area (Å²) in [5.74, 6) is 0. The number of fused-ring (bicyclic) bond motifs is 1. The van der Waals surface area contributed by atoms with Crippen LogP contribution in [0, 0.1) is 12.1 Å². The zero-order valence-corrected chi connectivity index (χ0v) is 8.21. The van der Waals surface area contributed by atoms with Gasteiger partial charge in [-0.25, -0.2) is 0 Å². The molecule has 0 saturated heterocycles. The second kappa shape index (κ2) is 3.57. The minimum absolute atomic E-state index is 0.234. The molecule has 0 spiro atoms. The first-order chi connectivity index (χ1) is 7.24. The molecule has 4 heteroatoms. The summed E-state index contributed by atoms with van der Waals surface area (Å²) in [5.41, 5.74) is 1.16. The molecule has 0 radical (unpaired) electrons. The van der Waals surface area contributed by atoms with E-state index in [0.29, 0.717) is 5.69 Å². The molecule has 0 atom stereocenters. The third-order valence-corrected chi connectivity index (χ3v) is 2.37. The van der Waals surface area contributed by atoms with Crippen LogP contribution in [0.4, 0.5) is 5.69 Å². The van der Waals surface area contributed by atoms with E-state index in [9.17, 15) is 5.21 Å². The van der Waals surface area contributed by atoms with Gasteiger partial charge in [0.15, 0.2) is 0 Å². The molecule has 2 aromatic rings. The molecule has 0 unspecified atom stereocenters. The van der Waals surface area contributed by atoms with E-state index < -0.39 is 0 Å². The first-order valence-corrected chi connectivity index (χ1v) is 4.54. The lowest BCUT2D eigenvalue weighted by Crippen LogP contribution is -1.94. The van der Waals surface area contributed by atoms with Gasteiger partial charge in [0.2, 0.25) is 5.28 Å².